The summed E-state index contributed by atoms with van der Waals surface area (Å²) in [5, 5.41) is 2.70. The van der Waals surface area contributed by atoms with Gasteiger partial charge in [0.05, 0.1) is 30.7 Å². The smallest absolute Gasteiger partial charge is 0.262 e. The summed E-state index contributed by atoms with van der Waals surface area (Å²) in [6, 6.07) is 20.3. The maximum Gasteiger partial charge on any atom is 0.262 e. The third kappa shape index (κ3) is 6.23. The number of ether oxygens (including phenoxy) is 2. The van der Waals surface area contributed by atoms with Crippen LogP contribution in [0.2, 0.25) is 0 Å². The topological polar surface area (TPSA) is 93.7 Å². The average Bonchev–Trinajstić information content (AvgIpc) is 2.74. The molecule has 0 spiro atoms. The molecule has 0 aliphatic rings. The van der Waals surface area contributed by atoms with Gasteiger partial charge in [-0.25, -0.2) is 8.42 Å². The molecule has 0 fully saturated rings. The summed E-state index contributed by atoms with van der Waals surface area (Å²) in [5.41, 5.74) is 1.78. The van der Waals surface area contributed by atoms with Gasteiger partial charge in [-0.2, -0.15) is 0 Å². The highest BCUT2D eigenvalue weighted by Crippen LogP contribution is 2.26. The minimum Gasteiger partial charge on any atom is -0.495 e. The summed E-state index contributed by atoms with van der Waals surface area (Å²) in [7, 11) is -2.40. The van der Waals surface area contributed by atoms with E-state index in [9.17, 15) is 13.2 Å². The van der Waals surface area contributed by atoms with Crippen molar-refractivity contribution in [2.75, 3.05) is 23.8 Å². The van der Waals surface area contributed by atoms with E-state index in [2.05, 4.69) is 10.0 Å². The minimum atomic E-state index is -3.87. The van der Waals surface area contributed by atoms with Crippen molar-refractivity contribution >= 4 is 27.3 Å². The van der Waals surface area contributed by atoms with Crippen LogP contribution in [0.4, 0.5) is 11.4 Å². The molecule has 0 radical (unpaired) electrons. The third-order valence-corrected chi connectivity index (χ3v) is 5.73. The van der Waals surface area contributed by atoms with Gasteiger partial charge in [-0.1, -0.05) is 30.3 Å². The van der Waals surface area contributed by atoms with Crippen molar-refractivity contribution in [1.82, 2.24) is 0 Å². The molecule has 0 atom stereocenters. The molecule has 3 aromatic carbocycles. The zero-order valence-electron chi connectivity index (χ0n) is 17.3. The summed E-state index contributed by atoms with van der Waals surface area (Å²) in [5.74, 6) is 0.826. The van der Waals surface area contributed by atoms with E-state index < -0.39 is 10.0 Å². The number of hydrogen-bond donors (Lipinski definition) is 2. The van der Waals surface area contributed by atoms with Gasteiger partial charge in [-0.15, -0.1) is 0 Å². The molecule has 0 aliphatic heterocycles. The first-order valence-corrected chi connectivity index (χ1v) is 11.1. The fraction of sp³-hybridized carbons (Fsp3) is 0.174. The molecule has 0 bridgehead atoms. The highest BCUT2D eigenvalue weighted by Gasteiger charge is 2.17. The lowest BCUT2D eigenvalue weighted by atomic mass is 10.2. The molecule has 31 heavy (non-hydrogen) atoms. The van der Waals surface area contributed by atoms with Gasteiger partial charge in [0.1, 0.15) is 11.5 Å². The largest absolute Gasteiger partial charge is 0.495 e. The van der Waals surface area contributed by atoms with Crippen molar-refractivity contribution < 1.29 is 22.7 Å². The van der Waals surface area contributed by atoms with Crippen LogP contribution in [0.5, 0.6) is 11.5 Å². The number of anilines is 2. The van der Waals surface area contributed by atoms with Gasteiger partial charge in [-0.05, 0) is 55.0 Å². The lowest BCUT2D eigenvalue weighted by Crippen LogP contribution is -2.17. The van der Waals surface area contributed by atoms with E-state index in [1.165, 1.54) is 19.2 Å². The van der Waals surface area contributed by atoms with Gasteiger partial charge < -0.3 is 14.8 Å². The molecular weight excluding hydrogens is 416 g/mol. The van der Waals surface area contributed by atoms with Crippen molar-refractivity contribution in [3.05, 3.63) is 78.4 Å². The predicted molar refractivity (Wildman–Crippen MR) is 120 cm³/mol. The number of sulfonamides is 1. The van der Waals surface area contributed by atoms with Crippen molar-refractivity contribution in [1.29, 1.82) is 0 Å². The maximum atomic E-state index is 12.8. The van der Waals surface area contributed by atoms with Crippen LogP contribution < -0.4 is 19.5 Å². The van der Waals surface area contributed by atoms with Gasteiger partial charge in [0, 0.05) is 5.69 Å². The second-order valence-electron chi connectivity index (χ2n) is 6.80. The zero-order valence-corrected chi connectivity index (χ0v) is 18.1. The monoisotopic (exact) mass is 440 g/mol. The number of nitrogens with one attached hydrogen (secondary N) is 2. The van der Waals surface area contributed by atoms with Crippen molar-refractivity contribution in [3.63, 3.8) is 0 Å². The third-order valence-electron chi connectivity index (χ3n) is 4.37. The first-order valence-electron chi connectivity index (χ1n) is 9.62. The van der Waals surface area contributed by atoms with Crippen LogP contribution in [-0.2, 0) is 14.8 Å². The number of carbonyl (C=O) groups excluding carboxylic acids is 1. The Morgan fingerprint density at radius 2 is 1.74 bits per heavy atom. The van der Waals surface area contributed by atoms with E-state index in [1.807, 2.05) is 31.2 Å². The second kappa shape index (κ2) is 9.99. The number of aryl methyl sites for hydroxylation is 1. The standard InChI is InChI=1S/C23H24N2O5S/c1-17-7-5-9-19(15-17)30-14-13-23(26)24-18-8-6-10-20(16-18)31(27,28)25-21-11-3-4-12-22(21)29-2/h3-12,15-16,25H,13-14H2,1-2H3,(H,24,26). The van der Waals surface area contributed by atoms with Crippen molar-refractivity contribution in [2.24, 2.45) is 0 Å². The van der Waals surface area contributed by atoms with Crippen LogP contribution >= 0.6 is 0 Å². The molecule has 0 saturated carbocycles. The van der Waals surface area contributed by atoms with E-state index >= 15 is 0 Å². The molecule has 8 heteroatoms. The molecule has 3 rings (SSSR count). The zero-order chi connectivity index (χ0) is 22.3. The Hall–Kier alpha value is -3.52. The molecule has 1 amide bonds. The summed E-state index contributed by atoms with van der Waals surface area (Å²) >= 11 is 0. The Bertz CT molecular complexity index is 1160. The van der Waals surface area contributed by atoms with Gasteiger partial charge >= 0.3 is 0 Å². The molecule has 3 aromatic rings. The Morgan fingerprint density at radius 3 is 2.52 bits per heavy atom. The summed E-state index contributed by atoms with van der Waals surface area (Å²) in [6.07, 6.45) is 0.129. The molecule has 7 nitrogen and oxygen atoms in total. The van der Waals surface area contributed by atoms with Crippen LogP contribution in [0, 0.1) is 6.92 Å². The molecular formula is C23H24N2O5S. The first kappa shape index (κ1) is 22.2. The molecule has 0 saturated heterocycles. The van der Waals surface area contributed by atoms with Crippen molar-refractivity contribution in [2.45, 2.75) is 18.2 Å². The van der Waals surface area contributed by atoms with Crippen LogP contribution in [-0.4, -0.2) is 28.0 Å². The van der Waals surface area contributed by atoms with Crippen LogP contribution in [0.15, 0.2) is 77.7 Å². The quantitative estimate of drug-likeness (QED) is 0.520. The summed E-state index contributed by atoms with van der Waals surface area (Å²) < 4.78 is 38.8. The van der Waals surface area contributed by atoms with Gasteiger partial charge in [0.15, 0.2) is 0 Å². The fourth-order valence-corrected chi connectivity index (χ4v) is 3.98. The molecule has 0 unspecified atom stereocenters. The number of methoxy groups -OCH3 is 1. The highest BCUT2D eigenvalue weighted by atomic mass is 32.2. The number of rotatable bonds is 9. The lowest BCUT2D eigenvalue weighted by molar-refractivity contribution is -0.116. The SMILES string of the molecule is COc1ccccc1NS(=O)(=O)c1cccc(NC(=O)CCOc2cccc(C)c2)c1. The average molecular weight is 441 g/mol. The number of para-hydroxylation sites is 2. The fourth-order valence-electron chi connectivity index (χ4n) is 2.86. The predicted octanol–water partition coefficient (Wildman–Crippen LogP) is 4.21. The lowest BCUT2D eigenvalue weighted by Gasteiger charge is -2.13. The number of benzene rings is 3. The summed E-state index contributed by atoms with van der Waals surface area (Å²) in [4.78, 5) is 12.3. The Morgan fingerprint density at radius 1 is 0.968 bits per heavy atom. The highest BCUT2D eigenvalue weighted by molar-refractivity contribution is 7.92. The molecule has 162 valence electrons. The minimum absolute atomic E-state index is 0.0206. The summed E-state index contributed by atoms with van der Waals surface area (Å²) in [6.45, 7) is 2.17. The van der Waals surface area contributed by atoms with E-state index in [-0.39, 0.29) is 23.8 Å². The second-order valence-corrected chi connectivity index (χ2v) is 8.48. The molecule has 0 heterocycles. The van der Waals surface area contributed by atoms with E-state index in [1.54, 1.807) is 36.4 Å². The van der Waals surface area contributed by atoms with Gasteiger partial charge in [0.2, 0.25) is 5.91 Å². The first-order chi connectivity index (χ1) is 14.9. The van der Waals surface area contributed by atoms with Gasteiger partial charge in [-0.3, -0.25) is 9.52 Å². The molecule has 0 aliphatic carbocycles. The van der Waals surface area contributed by atoms with Crippen LogP contribution in [0.25, 0.3) is 0 Å². The van der Waals surface area contributed by atoms with Gasteiger partial charge in [0.25, 0.3) is 10.0 Å². The number of carbonyl (C=O) groups is 1. The Labute approximate surface area is 182 Å². The maximum absolute atomic E-state index is 12.8. The Balaban J connectivity index is 1.62. The van der Waals surface area contributed by atoms with Crippen LogP contribution in [0.3, 0.4) is 0 Å². The Kier molecular flexibility index (Phi) is 7.15. The molecule has 0 aromatic heterocycles. The van der Waals surface area contributed by atoms with Crippen molar-refractivity contribution in [3.8, 4) is 11.5 Å². The van der Waals surface area contributed by atoms with E-state index in [4.69, 9.17) is 9.47 Å². The normalized spacial score (nSPS) is 10.9. The molecule has 2 N–H and O–H groups in total. The van der Waals surface area contributed by atoms with E-state index in [0.717, 1.165) is 5.56 Å². The van der Waals surface area contributed by atoms with E-state index in [0.29, 0.717) is 22.9 Å². The van der Waals surface area contributed by atoms with Crippen LogP contribution in [0.1, 0.15) is 12.0 Å². The number of amides is 1. The number of hydrogen-bond acceptors (Lipinski definition) is 5.